The van der Waals surface area contributed by atoms with Gasteiger partial charge in [0.05, 0.1) is 13.7 Å². The first-order valence-electron chi connectivity index (χ1n) is 10.9. The van der Waals surface area contributed by atoms with E-state index in [4.69, 9.17) is 9.47 Å². The Morgan fingerprint density at radius 1 is 1.17 bits per heavy atom. The standard InChI is InChI=1S/C24H27FN4O6/c1-34-15-21(30)29-10-9-28(23(32)17-6-3-7-18(25)12-17)14-20(29)22(31)27-19(24(33)35-2)11-16-5-4-8-26-13-16/h3-8,12-13,19-20H,9-11,14-15H2,1-2H3,(H,27,31)/t19-,20+/m1/s1. The number of carbonyl (C=O) groups is 4. The second-order valence-electron chi connectivity index (χ2n) is 7.95. The number of methoxy groups -OCH3 is 2. The van der Waals surface area contributed by atoms with Crippen LogP contribution in [-0.4, -0.2) is 91.0 Å². The van der Waals surface area contributed by atoms with E-state index in [1.165, 1.54) is 42.2 Å². The number of hydrogen-bond donors (Lipinski definition) is 1. The fraction of sp³-hybridized carbons (Fsp3) is 0.375. The fourth-order valence-corrected chi connectivity index (χ4v) is 3.86. The molecule has 2 heterocycles. The molecule has 2 atom stereocenters. The van der Waals surface area contributed by atoms with Gasteiger partial charge in [0.25, 0.3) is 5.91 Å². The van der Waals surface area contributed by atoms with E-state index < -0.39 is 41.6 Å². The van der Waals surface area contributed by atoms with E-state index in [1.807, 2.05) is 0 Å². The van der Waals surface area contributed by atoms with E-state index in [9.17, 15) is 23.6 Å². The summed E-state index contributed by atoms with van der Waals surface area (Å²) in [5, 5.41) is 2.65. The monoisotopic (exact) mass is 486 g/mol. The van der Waals surface area contributed by atoms with Crippen LogP contribution >= 0.6 is 0 Å². The molecule has 0 saturated carbocycles. The normalized spacial score (nSPS) is 16.4. The SMILES string of the molecule is COCC(=O)N1CCN(C(=O)c2cccc(F)c2)C[C@H]1C(=O)N[C@H](Cc1cccnc1)C(=O)OC. The van der Waals surface area contributed by atoms with Crippen molar-refractivity contribution in [1.29, 1.82) is 0 Å². The summed E-state index contributed by atoms with van der Waals surface area (Å²) in [6.07, 6.45) is 3.27. The second-order valence-corrected chi connectivity index (χ2v) is 7.95. The van der Waals surface area contributed by atoms with Gasteiger partial charge in [0, 0.05) is 44.6 Å². The van der Waals surface area contributed by atoms with Crippen LogP contribution in [0.2, 0.25) is 0 Å². The molecule has 2 aromatic rings. The summed E-state index contributed by atoms with van der Waals surface area (Å²) in [5.41, 5.74) is 0.826. The number of ether oxygens (including phenoxy) is 2. The molecule has 186 valence electrons. The van der Waals surface area contributed by atoms with Crippen molar-refractivity contribution in [1.82, 2.24) is 20.1 Å². The van der Waals surface area contributed by atoms with Gasteiger partial charge >= 0.3 is 5.97 Å². The first-order valence-corrected chi connectivity index (χ1v) is 10.9. The van der Waals surface area contributed by atoms with Gasteiger partial charge in [0.1, 0.15) is 24.5 Å². The number of nitrogens with zero attached hydrogens (tertiary/aromatic N) is 3. The summed E-state index contributed by atoms with van der Waals surface area (Å²) < 4.78 is 23.4. The van der Waals surface area contributed by atoms with Crippen LogP contribution in [-0.2, 0) is 30.3 Å². The van der Waals surface area contributed by atoms with Crippen LogP contribution in [0.25, 0.3) is 0 Å². The molecule has 3 amide bonds. The van der Waals surface area contributed by atoms with E-state index in [1.54, 1.807) is 24.5 Å². The number of hydrogen-bond acceptors (Lipinski definition) is 7. The predicted octanol–water partition coefficient (Wildman–Crippen LogP) is 0.421. The van der Waals surface area contributed by atoms with Gasteiger partial charge in [-0.3, -0.25) is 19.4 Å². The Bertz CT molecular complexity index is 1070. The number of piperazine rings is 1. The molecule has 1 aliphatic rings. The van der Waals surface area contributed by atoms with Crippen molar-refractivity contribution in [2.24, 2.45) is 0 Å². The molecule has 1 aliphatic heterocycles. The maximum Gasteiger partial charge on any atom is 0.328 e. The minimum atomic E-state index is -1.09. The van der Waals surface area contributed by atoms with Crippen LogP contribution in [0.15, 0.2) is 48.8 Å². The second kappa shape index (κ2) is 12.0. The number of halogens is 1. The zero-order valence-electron chi connectivity index (χ0n) is 19.5. The van der Waals surface area contributed by atoms with Crippen LogP contribution < -0.4 is 5.32 Å². The van der Waals surface area contributed by atoms with Gasteiger partial charge in [-0.2, -0.15) is 0 Å². The Labute approximate surface area is 202 Å². The van der Waals surface area contributed by atoms with Crippen molar-refractivity contribution in [3.05, 3.63) is 65.7 Å². The van der Waals surface area contributed by atoms with Crippen LogP contribution in [0.4, 0.5) is 4.39 Å². The van der Waals surface area contributed by atoms with Crippen molar-refractivity contribution in [2.75, 3.05) is 40.5 Å². The summed E-state index contributed by atoms with van der Waals surface area (Å²) in [7, 11) is 2.57. The number of rotatable bonds is 8. The third-order valence-electron chi connectivity index (χ3n) is 5.59. The van der Waals surface area contributed by atoms with Crippen molar-refractivity contribution in [3.8, 4) is 0 Å². The highest BCUT2D eigenvalue weighted by Gasteiger charge is 2.38. The van der Waals surface area contributed by atoms with Gasteiger partial charge in [-0.05, 0) is 29.8 Å². The van der Waals surface area contributed by atoms with Crippen molar-refractivity contribution >= 4 is 23.7 Å². The molecule has 1 fully saturated rings. The molecule has 0 aliphatic carbocycles. The van der Waals surface area contributed by atoms with Gasteiger partial charge < -0.3 is 24.6 Å². The van der Waals surface area contributed by atoms with Crippen molar-refractivity contribution < 1.29 is 33.0 Å². The molecule has 0 radical (unpaired) electrons. The van der Waals surface area contributed by atoms with Gasteiger partial charge in [-0.25, -0.2) is 9.18 Å². The smallest absolute Gasteiger partial charge is 0.328 e. The topological polar surface area (TPSA) is 118 Å². The molecule has 11 heteroatoms. The van der Waals surface area contributed by atoms with Crippen LogP contribution in [0.3, 0.4) is 0 Å². The predicted molar refractivity (Wildman–Crippen MR) is 122 cm³/mol. The Morgan fingerprint density at radius 2 is 1.97 bits per heavy atom. The van der Waals surface area contributed by atoms with Crippen LogP contribution in [0, 0.1) is 5.82 Å². The van der Waals surface area contributed by atoms with Crippen LogP contribution in [0.5, 0.6) is 0 Å². The first-order chi connectivity index (χ1) is 16.8. The summed E-state index contributed by atoms with van der Waals surface area (Å²) in [6, 6.07) is 6.56. The highest BCUT2D eigenvalue weighted by atomic mass is 19.1. The number of amides is 3. The Balaban J connectivity index is 1.81. The Morgan fingerprint density at radius 3 is 2.63 bits per heavy atom. The van der Waals surface area contributed by atoms with E-state index in [0.29, 0.717) is 5.56 Å². The van der Waals surface area contributed by atoms with E-state index in [2.05, 4.69) is 10.3 Å². The molecule has 3 rings (SSSR count). The zero-order valence-corrected chi connectivity index (χ0v) is 19.5. The lowest BCUT2D eigenvalue weighted by molar-refractivity contribution is -0.149. The molecule has 35 heavy (non-hydrogen) atoms. The summed E-state index contributed by atoms with van der Waals surface area (Å²) in [4.78, 5) is 58.0. The van der Waals surface area contributed by atoms with Gasteiger partial charge in [-0.1, -0.05) is 12.1 Å². The molecule has 10 nitrogen and oxygen atoms in total. The molecule has 0 spiro atoms. The third kappa shape index (κ3) is 6.60. The van der Waals surface area contributed by atoms with E-state index in [-0.39, 0.29) is 38.2 Å². The van der Waals surface area contributed by atoms with Gasteiger partial charge in [0.2, 0.25) is 11.8 Å². The number of aromatic nitrogens is 1. The number of esters is 1. The number of nitrogens with one attached hydrogen (secondary N) is 1. The number of carbonyl (C=O) groups excluding carboxylic acids is 4. The minimum absolute atomic E-state index is 0.0623. The first kappa shape index (κ1) is 25.8. The molecule has 0 bridgehead atoms. The highest BCUT2D eigenvalue weighted by molar-refractivity contribution is 5.96. The highest BCUT2D eigenvalue weighted by Crippen LogP contribution is 2.16. The third-order valence-corrected chi connectivity index (χ3v) is 5.59. The Hall–Kier alpha value is -3.86. The summed E-state index contributed by atoms with van der Waals surface area (Å²) >= 11 is 0. The van der Waals surface area contributed by atoms with Gasteiger partial charge in [-0.15, -0.1) is 0 Å². The van der Waals surface area contributed by atoms with Gasteiger partial charge in [0.15, 0.2) is 0 Å². The maximum atomic E-state index is 13.6. The quantitative estimate of drug-likeness (QED) is 0.538. The van der Waals surface area contributed by atoms with E-state index in [0.717, 1.165) is 6.07 Å². The van der Waals surface area contributed by atoms with Crippen molar-refractivity contribution in [3.63, 3.8) is 0 Å². The lowest BCUT2D eigenvalue weighted by Gasteiger charge is -2.40. The van der Waals surface area contributed by atoms with E-state index >= 15 is 0 Å². The zero-order chi connectivity index (χ0) is 25.4. The molecule has 1 N–H and O–H groups in total. The Kier molecular flexibility index (Phi) is 8.85. The molecule has 0 unspecified atom stereocenters. The summed E-state index contributed by atoms with van der Waals surface area (Å²) in [6.45, 7) is -0.188. The average molecular weight is 487 g/mol. The molecule has 1 aromatic heterocycles. The molecule has 1 saturated heterocycles. The largest absolute Gasteiger partial charge is 0.467 e. The number of benzene rings is 1. The van der Waals surface area contributed by atoms with Crippen molar-refractivity contribution in [2.45, 2.75) is 18.5 Å². The molecule has 1 aromatic carbocycles. The molecular weight excluding hydrogens is 459 g/mol. The maximum absolute atomic E-state index is 13.6. The minimum Gasteiger partial charge on any atom is -0.467 e. The lowest BCUT2D eigenvalue weighted by atomic mass is 10.1. The number of pyridine rings is 1. The lowest BCUT2D eigenvalue weighted by Crippen LogP contribution is -2.63. The van der Waals surface area contributed by atoms with Crippen LogP contribution in [0.1, 0.15) is 15.9 Å². The fourth-order valence-electron chi connectivity index (χ4n) is 3.86. The summed E-state index contributed by atoms with van der Waals surface area (Å²) in [5.74, 6) is -2.77. The average Bonchev–Trinajstić information content (AvgIpc) is 2.87. The molecular formula is C24H27FN4O6.